The van der Waals surface area contributed by atoms with Crippen LogP contribution >= 0.6 is 0 Å². The second kappa shape index (κ2) is 6.29. The zero-order valence-electron chi connectivity index (χ0n) is 14.5. The molecule has 1 aliphatic heterocycles. The van der Waals surface area contributed by atoms with Crippen molar-refractivity contribution in [1.29, 1.82) is 0 Å². The first-order valence-electron chi connectivity index (χ1n) is 8.42. The Morgan fingerprint density at radius 3 is 2.15 bits per heavy atom. The molecule has 5 nitrogen and oxygen atoms in total. The highest BCUT2D eigenvalue weighted by molar-refractivity contribution is 5.96. The largest absolute Gasteiger partial charge is 0.508 e. The molecule has 1 unspecified atom stereocenters. The molecule has 0 saturated heterocycles. The van der Waals surface area contributed by atoms with Crippen molar-refractivity contribution in [2.24, 2.45) is 0 Å². The van der Waals surface area contributed by atoms with Gasteiger partial charge in [0.2, 0.25) is 0 Å². The third kappa shape index (κ3) is 2.73. The van der Waals surface area contributed by atoms with Crippen LogP contribution in [0.25, 0.3) is 0 Å². The van der Waals surface area contributed by atoms with Gasteiger partial charge in [0.1, 0.15) is 11.5 Å². The number of phenolic OH excluding ortho intramolecular Hbond substituents is 1. The molecule has 0 bridgehead atoms. The Bertz CT molecular complexity index is 1020. The van der Waals surface area contributed by atoms with Gasteiger partial charge < -0.3 is 14.6 Å². The average Bonchev–Trinajstić information content (AvgIpc) is 2.97. The molecule has 1 heterocycles. The molecule has 1 N–H and O–H groups in total. The average molecular weight is 360 g/mol. The summed E-state index contributed by atoms with van der Waals surface area (Å²) in [7, 11) is 0. The van der Waals surface area contributed by atoms with Gasteiger partial charge in [0.05, 0.1) is 5.56 Å². The topological polar surface area (TPSA) is 72.8 Å². The summed E-state index contributed by atoms with van der Waals surface area (Å²) >= 11 is 0. The first-order valence-corrected chi connectivity index (χ1v) is 8.42. The van der Waals surface area contributed by atoms with Gasteiger partial charge in [-0.15, -0.1) is 0 Å². The molecule has 134 valence electrons. The highest BCUT2D eigenvalue weighted by Crippen LogP contribution is 2.47. The minimum atomic E-state index is -1.14. The fourth-order valence-electron chi connectivity index (χ4n) is 3.43. The second-order valence-corrected chi connectivity index (χ2v) is 6.28. The van der Waals surface area contributed by atoms with Crippen molar-refractivity contribution < 1.29 is 24.2 Å². The van der Waals surface area contributed by atoms with Crippen LogP contribution in [0.4, 0.5) is 0 Å². The molecule has 0 amide bonds. The lowest BCUT2D eigenvalue weighted by atomic mass is 9.80. The predicted octanol–water partition coefficient (Wildman–Crippen LogP) is 3.78. The highest BCUT2D eigenvalue weighted by atomic mass is 16.6. The zero-order chi connectivity index (χ0) is 19.0. The number of ether oxygens (including phenoxy) is 2. The molecular weight excluding hydrogens is 344 g/mol. The summed E-state index contributed by atoms with van der Waals surface area (Å²) in [6.45, 7) is 1.33. The maximum absolute atomic E-state index is 12.6. The summed E-state index contributed by atoms with van der Waals surface area (Å²) in [6, 6.07) is 20.6. The minimum absolute atomic E-state index is 0.122. The number of phenols is 1. The van der Waals surface area contributed by atoms with Crippen LogP contribution in [-0.2, 0) is 15.1 Å². The number of benzene rings is 3. The van der Waals surface area contributed by atoms with Crippen molar-refractivity contribution in [2.45, 2.75) is 12.5 Å². The van der Waals surface area contributed by atoms with Gasteiger partial charge >= 0.3 is 11.9 Å². The summed E-state index contributed by atoms with van der Waals surface area (Å²) < 4.78 is 11.0. The van der Waals surface area contributed by atoms with Crippen molar-refractivity contribution in [3.05, 3.63) is 95.1 Å². The first kappa shape index (κ1) is 16.8. The van der Waals surface area contributed by atoms with Gasteiger partial charge in [0.25, 0.3) is 0 Å². The van der Waals surface area contributed by atoms with Gasteiger partial charge in [0, 0.05) is 23.6 Å². The Balaban J connectivity index is 1.92. The molecule has 0 aromatic heterocycles. The van der Waals surface area contributed by atoms with Crippen LogP contribution in [0.1, 0.15) is 34.0 Å². The Kier molecular flexibility index (Phi) is 3.92. The molecule has 0 radical (unpaired) electrons. The number of carbonyl (C=O) groups excluding carboxylic acids is 2. The molecule has 3 aromatic carbocycles. The highest BCUT2D eigenvalue weighted by Gasteiger charge is 2.48. The summed E-state index contributed by atoms with van der Waals surface area (Å²) in [5, 5.41) is 9.67. The standard InChI is InChI=1S/C22H16O5/c1-14(23)26-18-12-8-16(9-13-18)22(15-6-10-17(24)11-7-15)20-5-3-2-4-19(20)21(25)27-22/h2-13,24H,1H3. The number of cyclic esters (lactones) is 1. The molecule has 3 aromatic rings. The molecule has 0 saturated carbocycles. The summed E-state index contributed by atoms with van der Waals surface area (Å²) in [6.07, 6.45) is 0. The molecular formula is C22H16O5. The Morgan fingerprint density at radius 2 is 1.52 bits per heavy atom. The van der Waals surface area contributed by atoms with Crippen LogP contribution in [0.5, 0.6) is 11.5 Å². The monoisotopic (exact) mass is 360 g/mol. The molecule has 0 spiro atoms. The van der Waals surface area contributed by atoms with E-state index in [1.165, 1.54) is 6.92 Å². The lowest BCUT2D eigenvalue weighted by molar-refractivity contribution is -0.131. The van der Waals surface area contributed by atoms with Crippen LogP contribution in [0, 0.1) is 0 Å². The lowest BCUT2D eigenvalue weighted by Crippen LogP contribution is -2.29. The van der Waals surface area contributed by atoms with Gasteiger partial charge in [-0.25, -0.2) is 4.79 Å². The molecule has 0 fully saturated rings. The van der Waals surface area contributed by atoms with E-state index in [-0.39, 0.29) is 5.75 Å². The number of hydrogen-bond acceptors (Lipinski definition) is 5. The second-order valence-electron chi connectivity index (χ2n) is 6.28. The minimum Gasteiger partial charge on any atom is -0.508 e. The van der Waals surface area contributed by atoms with Crippen LogP contribution in [0.2, 0.25) is 0 Å². The third-order valence-corrected chi connectivity index (χ3v) is 4.57. The van der Waals surface area contributed by atoms with E-state index >= 15 is 0 Å². The van der Waals surface area contributed by atoms with E-state index in [4.69, 9.17) is 9.47 Å². The number of aromatic hydroxyl groups is 1. The number of rotatable bonds is 3. The van der Waals surface area contributed by atoms with Crippen molar-refractivity contribution in [3.8, 4) is 11.5 Å². The Labute approximate surface area is 155 Å². The number of carbonyl (C=O) groups is 2. The van der Waals surface area contributed by atoms with E-state index in [9.17, 15) is 14.7 Å². The predicted molar refractivity (Wildman–Crippen MR) is 97.6 cm³/mol. The van der Waals surface area contributed by atoms with E-state index in [1.54, 1.807) is 60.7 Å². The van der Waals surface area contributed by atoms with Gasteiger partial charge in [-0.2, -0.15) is 0 Å². The Morgan fingerprint density at radius 1 is 0.926 bits per heavy atom. The lowest BCUT2D eigenvalue weighted by Gasteiger charge is -2.30. The van der Waals surface area contributed by atoms with Gasteiger partial charge in [-0.05, 0) is 30.3 Å². The number of fused-ring (bicyclic) bond motifs is 1. The molecule has 0 aliphatic carbocycles. The van der Waals surface area contributed by atoms with Crippen molar-refractivity contribution in [2.75, 3.05) is 0 Å². The fraction of sp³-hybridized carbons (Fsp3) is 0.0909. The quantitative estimate of drug-likeness (QED) is 0.568. The maximum Gasteiger partial charge on any atom is 0.340 e. The van der Waals surface area contributed by atoms with Crippen molar-refractivity contribution in [3.63, 3.8) is 0 Å². The molecule has 27 heavy (non-hydrogen) atoms. The van der Waals surface area contributed by atoms with Crippen molar-refractivity contribution in [1.82, 2.24) is 0 Å². The molecule has 5 heteroatoms. The third-order valence-electron chi connectivity index (χ3n) is 4.57. The smallest absolute Gasteiger partial charge is 0.340 e. The van der Waals surface area contributed by atoms with Gasteiger partial charge in [-0.1, -0.05) is 42.5 Å². The maximum atomic E-state index is 12.6. The van der Waals surface area contributed by atoms with Crippen LogP contribution < -0.4 is 4.74 Å². The van der Waals surface area contributed by atoms with Crippen molar-refractivity contribution >= 4 is 11.9 Å². The van der Waals surface area contributed by atoms with Crippen LogP contribution in [0.3, 0.4) is 0 Å². The van der Waals surface area contributed by atoms with E-state index in [0.29, 0.717) is 22.4 Å². The van der Waals surface area contributed by atoms with E-state index in [1.807, 2.05) is 12.1 Å². The SMILES string of the molecule is CC(=O)Oc1ccc(C2(c3ccc(O)cc3)OC(=O)c3ccccc32)cc1. The van der Waals surface area contributed by atoms with E-state index in [0.717, 1.165) is 5.56 Å². The van der Waals surface area contributed by atoms with Crippen LogP contribution in [-0.4, -0.2) is 17.0 Å². The first-order chi connectivity index (χ1) is 13.0. The Hall–Kier alpha value is -3.60. The summed E-state index contributed by atoms with van der Waals surface area (Å²) in [4.78, 5) is 23.7. The molecule has 1 atom stereocenters. The number of hydrogen-bond donors (Lipinski definition) is 1. The normalized spacial score (nSPS) is 17.9. The summed E-state index contributed by atoms with van der Waals surface area (Å²) in [5.74, 6) is -0.294. The van der Waals surface area contributed by atoms with E-state index < -0.39 is 17.5 Å². The van der Waals surface area contributed by atoms with Crippen LogP contribution in [0.15, 0.2) is 72.8 Å². The fourth-order valence-corrected chi connectivity index (χ4v) is 3.43. The molecule has 1 aliphatic rings. The summed E-state index contributed by atoms with van der Waals surface area (Å²) in [5.41, 5.74) is 1.49. The zero-order valence-corrected chi connectivity index (χ0v) is 14.5. The van der Waals surface area contributed by atoms with Gasteiger partial charge in [0.15, 0.2) is 5.60 Å². The van der Waals surface area contributed by atoms with E-state index in [2.05, 4.69) is 0 Å². The number of esters is 2. The molecule has 4 rings (SSSR count). The van der Waals surface area contributed by atoms with Gasteiger partial charge in [-0.3, -0.25) is 4.79 Å².